The summed E-state index contributed by atoms with van der Waals surface area (Å²) in [6.45, 7) is 8.50. The van der Waals surface area contributed by atoms with Crippen molar-refractivity contribution in [3.8, 4) is 0 Å². The van der Waals surface area contributed by atoms with Gasteiger partial charge in [-0.2, -0.15) is 0 Å². The first kappa shape index (κ1) is 18.7. The molecule has 0 bridgehead atoms. The van der Waals surface area contributed by atoms with E-state index in [1.54, 1.807) is 0 Å². The van der Waals surface area contributed by atoms with E-state index in [4.69, 9.17) is 18.9 Å². The number of hydrogen-bond donors (Lipinski definition) is 0. The van der Waals surface area contributed by atoms with Gasteiger partial charge in [0.2, 0.25) is 0 Å². The maximum atomic E-state index is 11.4. The minimum atomic E-state index is -1.15. The van der Waals surface area contributed by atoms with Gasteiger partial charge in [-0.1, -0.05) is 6.58 Å². The Hall–Kier alpha value is -2.38. The van der Waals surface area contributed by atoms with Gasteiger partial charge in [0.1, 0.15) is 6.10 Å². The maximum absolute atomic E-state index is 11.4. The number of hydrogen-bond acceptors (Lipinski definition) is 8. The second kappa shape index (κ2) is 7.75. The molecule has 8 nitrogen and oxygen atoms in total. The molecule has 0 aromatic heterocycles. The zero-order valence-corrected chi connectivity index (χ0v) is 13.5. The Balaban J connectivity index is 3.18. The molecule has 0 amide bonds. The molecular weight excluding hydrogens is 308 g/mol. The summed E-state index contributed by atoms with van der Waals surface area (Å²) >= 11 is 0. The van der Waals surface area contributed by atoms with Crippen LogP contribution in [0.2, 0.25) is 0 Å². The Morgan fingerprint density at radius 1 is 0.783 bits per heavy atom. The highest BCUT2D eigenvalue weighted by Crippen LogP contribution is 2.32. The van der Waals surface area contributed by atoms with Crippen LogP contribution in [0.3, 0.4) is 0 Å². The second-order valence-corrected chi connectivity index (χ2v) is 5.19. The number of carbonyl (C=O) groups is 4. The number of esters is 4. The number of carbonyl (C=O) groups excluding carboxylic acids is 4. The highest BCUT2D eigenvalue weighted by atomic mass is 16.6. The summed E-state index contributed by atoms with van der Waals surface area (Å²) in [5.74, 6) is -2.52. The van der Waals surface area contributed by atoms with Gasteiger partial charge in [0.15, 0.2) is 18.3 Å². The van der Waals surface area contributed by atoms with Gasteiger partial charge in [0.05, 0.1) is 0 Å². The third-order valence-electron chi connectivity index (χ3n) is 3.07. The van der Waals surface area contributed by atoms with Crippen LogP contribution in [-0.4, -0.2) is 48.3 Å². The lowest BCUT2D eigenvalue weighted by molar-refractivity contribution is -0.201. The fourth-order valence-electron chi connectivity index (χ4n) is 2.41. The molecule has 1 aliphatic rings. The van der Waals surface area contributed by atoms with Crippen LogP contribution in [0.15, 0.2) is 12.2 Å². The summed E-state index contributed by atoms with van der Waals surface area (Å²) in [5, 5.41) is 0. The first-order valence-corrected chi connectivity index (χ1v) is 6.98. The van der Waals surface area contributed by atoms with Crippen LogP contribution in [-0.2, 0) is 38.1 Å². The fraction of sp³-hybridized carbons (Fsp3) is 0.600. The topological polar surface area (TPSA) is 105 Å². The first-order valence-electron chi connectivity index (χ1n) is 6.98. The minimum Gasteiger partial charge on any atom is -0.458 e. The molecule has 23 heavy (non-hydrogen) atoms. The van der Waals surface area contributed by atoms with Crippen LogP contribution in [0.4, 0.5) is 0 Å². The summed E-state index contributed by atoms with van der Waals surface area (Å²) < 4.78 is 20.6. The van der Waals surface area contributed by atoms with Gasteiger partial charge in [0.25, 0.3) is 0 Å². The maximum Gasteiger partial charge on any atom is 0.303 e. The van der Waals surface area contributed by atoms with Crippen molar-refractivity contribution in [2.45, 2.75) is 58.5 Å². The van der Waals surface area contributed by atoms with E-state index in [0.29, 0.717) is 5.57 Å². The predicted octanol–water partition coefficient (Wildman–Crippen LogP) is 0.673. The summed E-state index contributed by atoms with van der Waals surface area (Å²) in [6.07, 6.45) is -4.03. The van der Waals surface area contributed by atoms with E-state index in [9.17, 15) is 19.2 Å². The monoisotopic (exact) mass is 328 g/mol. The smallest absolute Gasteiger partial charge is 0.303 e. The van der Waals surface area contributed by atoms with Gasteiger partial charge in [-0.15, -0.1) is 0 Å². The van der Waals surface area contributed by atoms with E-state index in [0.717, 1.165) is 6.92 Å². The van der Waals surface area contributed by atoms with E-state index in [1.165, 1.54) is 20.8 Å². The van der Waals surface area contributed by atoms with Crippen LogP contribution < -0.4 is 0 Å². The molecule has 0 heterocycles. The summed E-state index contributed by atoms with van der Waals surface area (Å²) in [4.78, 5) is 45.3. The summed E-state index contributed by atoms with van der Waals surface area (Å²) in [5.41, 5.74) is 0.390. The van der Waals surface area contributed by atoms with Crippen molar-refractivity contribution in [1.82, 2.24) is 0 Å². The Bertz CT molecular complexity index is 524. The van der Waals surface area contributed by atoms with E-state index in [2.05, 4.69) is 6.58 Å². The molecule has 4 atom stereocenters. The lowest BCUT2D eigenvalue weighted by Crippen LogP contribution is -2.56. The van der Waals surface area contributed by atoms with Gasteiger partial charge in [-0.05, 0) is 5.57 Å². The molecule has 0 aliphatic heterocycles. The molecule has 0 aromatic carbocycles. The van der Waals surface area contributed by atoms with Crippen LogP contribution in [0, 0.1) is 0 Å². The largest absolute Gasteiger partial charge is 0.458 e. The molecule has 0 unspecified atom stereocenters. The molecule has 0 spiro atoms. The molecule has 0 N–H and O–H groups in total. The van der Waals surface area contributed by atoms with Crippen molar-refractivity contribution in [2.24, 2.45) is 0 Å². The summed E-state index contributed by atoms with van der Waals surface area (Å²) in [7, 11) is 0. The van der Waals surface area contributed by atoms with E-state index in [1.807, 2.05) is 0 Å². The Morgan fingerprint density at radius 2 is 1.22 bits per heavy atom. The van der Waals surface area contributed by atoms with Gasteiger partial charge in [-0.25, -0.2) is 0 Å². The van der Waals surface area contributed by atoms with Gasteiger partial charge < -0.3 is 18.9 Å². The quantitative estimate of drug-likeness (QED) is 0.421. The predicted molar refractivity (Wildman–Crippen MR) is 76.0 cm³/mol. The summed E-state index contributed by atoms with van der Waals surface area (Å²) in [6, 6.07) is 0. The number of ether oxygens (including phenoxy) is 4. The lowest BCUT2D eigenvalue weighted by Gasteiger charge is -2.41. The van der Waals surface area contributed by atoms with Crippen molar-refractivity contribution in [3.63, 3.8) is 0 Å². The third kappa shape index (κ3) is 5.39. The molecule has 1 saturated carbocycles. The van der Waals surface area contributed by atoms with E-state index < -0.39 is 48.3 Å². The first-order chi connectivity index (χ1) is 10.6. The average Bonchev–Trinajstić information content (AvgIpc) is 2.36. The lowest BCUT2D eigenvalue weighted by atomic mass is 9.85. The highest BCUT2D eigenvalue weighted by molar-refractivity contribution is 5.69. The Labute approximate surface area is 133 Å². The highest BCUT2D eigenvalue weighted by Gasteiger charge is 2.49. The van der Waals surface area contributed by atoms with Crippen molar-refractivity contribution >= 4 is 23.9 Å². The Morgan fingerprint density at radius 3 is 1.65 bits per heavy atom. The van der Waals surface area contributed by atoms with Crippen molar-refractivity contribution in [1.29, 1.82) is 0 Å². The van der Waals surface area contributed by atoms with Gasteiger partial charge >= 0.3 is 23.9 Å². The fourth-order valence-corrected chi connectivity index (χ4v) is 2.41. The normalized spacial score (nSPS) is 26.9. The zero-order chi connectivity index (χ0) is 17.7. The standard InChI is InChI=1S/C15H20O8/c1-7-6-12(20-8(2)16)14(22-10(4)18)15(23-11(5)19)13(7)21-9(3)17/h12-15H,1,6H2,2-5H3/t12-,13-,14+,15+/m1/s1. The Kier molecular flexibility index (Phi) is 6.29. The second-order valence-electron chi connectivity index (χ2n) is 5.19. The molecule has 0 aromatic rings. The molecule has 0 saturated heterocycles. The van der Waals surface area contributed by atoms with Crippen molar-refractivity contribution < 1.29 is 38.1 Å². The van der Waals surface area contributed by atoms with Crippen LogP contribution in [0.25, 0.3) is 0 Å². The molecule has 128 valence electrons. The molecule has 0 radical (unpaired) electrons. The third-order valence-corrected chi connectivity index (χ3v) is 3.07. The van der Waals surface area contributed by atoms with E-state index >= 15 is 0 Å². The van der Waals surface area contributed by atoms with Crippen LogP contribution in [0.5, 0.6) is 0 Å². The van der Waals surface area contributed by atoms with Gasteiger partial charge in [0, 0.05) is 34.1 Å². The van der Waals surface area contributed by atoms with Gasteiger partial charge in [-0.3, -0.25) is 19.2 Å². The van der Waals surface area contributed by atoms with E-state index in [-0.39, 0.29) is 6.42 Å². The number of rotatable bonds is 4. The van der Waals surface area contributed by atoms with Crippen LogP contribution >= 0.6 is 0 Å². The molecule has 8 heteroatoms. The minimum absolute atomic E-state index is 0.104. The molecule has 1 aliphatic carbocycles. The zero-order valence-electron chi connectivity index (χ0n) is 13.5. The molecular formula is C15H20O8. The van der Waals surface area contributed by atoms with Crippen molar-refractivity contribution in [2.75, 3.05) is 0 Å². The molecule has 1 fully saturated rings. The average molecular weight is 328 g/mol. The van der Waals surface area contributed by atoms with Crippen LogP contribution in [0.1, 0.15) is 34.1 Å². The van der Waals surface area contributed by atoms with Crippen molar-refractivity contribution in [3.05, 3.63) is 12.2 Å². The SMILES string of the molecule is C=C1C[C@@H](OC(C)=O)[C@H](OC(C)=O)[C@@H](OC(C)=O)[C@@H]1OC(C)=O. The molecule has 1 rings (SSSR count).